The van der Waals surface area contributed by atoms with Gasteiger partial charge in [0.15, 0.2) is 0 Å². The molecule has 0 fully saturated rings. The molecule has 0 atom stereocenters. The number of nitrogens with zero attached hydrogens (tertiary/aromatic N) is 1. The lowest BCUT2D eigenvalue weighted by Crippen LogP contribution is -2.03. The Hall–Kier alpha value is -1.72. The van der Waals surface area contributed by atoms with Crippen LogP contribution in [-0.2, 0) is 6.54 Å². The van der Waals surface area contributed by atoms with Gasteiger partial charge in [0, 0.05) is 17.5 Å². The summed E-state index contributed by atoms with van der Waals surface area (Å²) < 4.78 is 5.48. The number of thiazole rings is 1. The van der Waals surface area contributed by atoms with Crippen molar-refractivity contribution in [2.24, 2.45) is 5.73 Å². The van der Waals surface area contributed by atoms with Crippen molar-refractivity contribution in [3.05, 3.63) is 45.9 Å². The van der Waals surface area contributed by atoms with Gasteiger partial charge in [-0.15, -0.1) is 11.3 Å². The van der Waals surface area contributed by atoms with Gasteiger partial charge >= 0.3 is 0 Å². The van der Waals surface area contributed by atoms with E-state index in [0.29, 0.717) is 24.4 Å². The fourth-order valence-electron chi connectivity index (χ4n) is 1.58. The molecule has 0 bridgehead atoms. The Kier molecular flexibility index (Phi) is 4.65. The minimum Gasteiger partial charge on any atom is -0.494 e. The third-order valence-corrected chi connectivity index (χ3v) is 3.42. The van der Waals surface area contributed by atoms with Crippen molar-refractivity contribution in [1.82, 2.24) is 4.98 Å². The second-order valence-electron chi connectivity index (χ2n) is 4.03. The highest BCUT2D eigenvalue weighted by Gasteiger charge is 2.12. The van der Waals surface area contributed by atoms with E-state index < -0.39 is 0 Å². The first-order valence-corrected chi connectivity index (χ1v) is 7.04. The summed E-state index contributed by atoms with van der Waals surface area (Å²) in [7, 11) is 0. The Balaban J connectivity index is 2.10. The second-order valence-corrected chi connectivity index (χ2v) is 4.98. The van der Waals surface area contributed by atoms with Crippen LogP contribution in [0.25, 0.3) is 0 Å². The van der Waals surface area contributed by atoms with E-state index in [0.717, 1.165) is 17.2 Å². The molecule has 0 amide bonds. The summed E-state index contributed by atoms with van der Waals surface area (Å²) in [6.45, 7) is 3.09. The zero-order valence-corrected chi connectivity index (χ0v) is 11.6. The van der Waals surface area contributed by atoms with Gasteiger partial charge in [-0.3, -0.25) is 4.79 Å². The first-order valence-electron chi connectivity index (χ1n) is 6.16. The Morgan fingerprint density at radius 2 is 2.11 bits per heavy atom. The van der Waals surface area contributed by atoms with Crippen molar-refractivity contribution in [2.75, 3.05) is 6.61 Å². The minimum atomic E-state index is -0.0852. The summed E-state index contributed by atoms with van der Waals surface area (Å²) in [5.41, 5.74) is 6.55. The van der Waals surface area contributed by atoms with Crippen molar-refractivity contribution in [3.63, 3.8) is 0 Å². The topological polar surface area (TPSA) is 65.2 Å². The number of carbonyl (C=O) groups is 1. The lowest BCUT2D eigenvalue weighted by atomic mass is 10.1. The van der Waals surface area contributed by atoms with Crippen LogP contribution in [0.2, 0.25) is 0 Å². The van der Waals surface area contributed by atoms with Gasteiger partial charge in [-0.05, 0) is 30.7 Å². The van der Waals surface area contributed by atoms with E-state index in [2.05, 4.69) is 11.9 Å². The van der Waals surface area contributed by atoms with E-state index in [1.54, 1.807) is 29.6 Å². The third kappa shape index (κ3) is 3.39. The maximum absolute atomic E-state index is 12.2. The van der Waals surface area contributed by atoms with Crippen LogP contribution in [0, 0.1) is 0 Å². The molecule has 1 heterocycles. The maximum atomic E-state index is 12.2. The zero-order chi connectivity index (χ0) is 13.7. The Morgan fingerprint density at radius 1 is 1.37 bits per heavy atom. The van der Waals surface area contributed by atoms with Crippen molar-refractivity contribution in [2.45, 2.75) is 19.9 Å². The lowest BCUT2D eigenvalue weighted by molar-refractivity contribution is 0.103. The molecule has 2 aromatic rings. The van der Waals surface area contributed by atoms with Gasteiger partial charge in [0.25, 0.3) is 0 Å². The molecule has 0 saturated heterocycles. The molecule has 19 heavy (non-hydrogen) atoms. The molecule has 0 aliphatic heterocycles. The highest BCUT2D eigenvalue weighted by Crippen LogP contribution is 2.17. The van der Waals surface area contributed by atoms with Crippen LogP contribution >= 0.6 is 11.3 Å². The number of hydrogen-bond donors (Lipinski definition) is 1. The molecule has 1 aromatic heterocycles. The average molecular weight is 276 g/mol. The Labute approximate surface area is 116 Å². The molecule has 0 unspecified atom stereocenters. The van der Waals surface area contributed by atoms with Crippen LogP contribution in [0.4, 0.5) is 0 Å². The van der Waals surface area contributed by atoms with Gasteiger partial charge < -0.3 is 10.5 Å². The summed E-state index contributed by atoms with van der Waals surface area (Å²) in [5, 5.41) is 2.51. The van der Waals surface area contributed by atoms with Gasteiger partial charge in [-0.2, -0.15) is 0 Å². The van der Waals surface area contributed by atoms with Crippen LogP contribution in [-0.4, -0.2) is 17.4 Å². The van der Waals surface area contributed by atoms with Gasteiger partial charge in [-0.1, -0.05) is 6.92 Å². The summed E-state index contributed by atoms with van der Waals surface area (Å²) in [4.78, 5) is 16.4. The monoisotopic (exact) mass is 276 g/mol. The van der Waals surface area contributed by atoms with Gasteiger partial charge in [0.2, 0.25) is 5.78 Å². The number of ketones is 1. The molecule has 4 nitrogen and oxygen atoms in total. The number of benzene rings is 1. The average Bonchev–Trinajstić information content (AvgIpc) is 2.94. The van der Waals surface area contributed by atoms with Crippen molar-refractivity contribution < 1.29 is 9.53 Å². The van der Waals surface area contributed by atoms with Gasteiger partial charge in [-0.25, -0.2) is 4.98 Å². The van der Waals surface area contributed by atoms with Gasteiger partial charge in [0.1, 0.15) is 16.5 Å². The van der Waals surface area contributed by atoms with Crippen molar-refractivity contribution in [3.8, 4) is 5.75 Å². The number of aromatic nitrogens is 1. The second kappa shape index (κ2) is 6.45. The summed E-state index contributed by atoms with van der Waals surface area (Å²) in [6, 6.07) is 7.13. The van der Waals surface area contributed by atoms with E-state index >= 15 is 0 Å². The molecule has 2 N–H and O–H groups in total. The highest BCUT2D eigenvalue weighted by atomic mass is 32.1. The number of ether oxygens (including phenoxy) is 1. The molecule has 0 spiro atoms. The number of hydrogen-bond acceptors (Lipinski definition) is 5. The minimum absolute atomic E-state index is 0.0852. The van der Waals surface area contributed by atoms with E-state index in [9.17, 15) is 4.79 Å². The molecule has 0 aliphatic carbocycles. The quantitative estimate of drug-likeness (QED) is 0.824. The van der Waals surface area contributed by atoms with Crippen LogP contribution in [0.15, 0.2) is 29.6 Å². The van der Waals surface area contributed by atoms with Gasteiger partial charge in [0.05, 0.1) is 6.61 Å². The molecule has 2 rings (SSSR count). The fourth-order valence-corrected chi connectivity index (χ4v) is 2.23. The standard InChI is InChI=1S/C14H16N2O2S/c1-2-7-18-11-5-3-10(4-6-11)14(17)12-9-19-13(8-15)16-12/h3-6,9H,2,7-8,15H2,1H3. The van der Waals surface area contributed by atoms with Crippen molar-refractivity contribution in [1.29, 1.82) is 0 Å². The number of rotatable bonds is 6. The maximum Gasteiger partial charge on any atom is 0.212 e. The molecule has 0 aliphatic rings. The predicted molar refractivity (Wildman–Crippen MR) is 75.7 cm³/mol. The normalized spacial score (nSPS) is 10.4. The number of nitrogens with two attached hydrogens (primary N) is 1. The van der Waals surface area contributed by atoms with Crippen LogP contribution in [0.5, 0.6) is 5.75 Å². The third-order valence-electron chi connectivity index (χ3n) is 2.55. The number of carbonyl (C=O) groups excluding carboxylic acids is 1. The van der Waals surface area contributed by atoms with E-state index in [1.165, 1.54) is 11.3 Å². The first-order chi connectivity index (χ1) is 9.24. The van der Waals surface area contributed by atoms with E-state index in [-0.39, 0.29) is 5.78 Å². The van der Waals surface area contributed by atoms with Crippen LogP contribution < -0.4 is 10.5 Å². The molecule has 1 aromatic carbocycles. The van der Waals surface area contributed by atoms with Crippen molar-refractivity contribution >= 4 is 17.1 Å². The van der Waals surface area contributed by atoms with E-state index in [4.69, 9.17) is 10.5 Å². The molecule has 0 saturated carbocycles. The lowest BCUT2D eigenvalue weighted by Gasteiger charge is -2.04. The molecular weight excluding hydrogens is 260 g/mol. The largest absolute Gasteiger partial charge is 0.494 e. The van der Waals surface area contributed by atoms with Crippen LogP contribution in [0.1, 0.15) is 34.4 Å². The Morgan fingerprint density at radius 3 is 2.68 bits per heavy atom. The van der Waals surface area contributed by atoms with Crippen LogP contribution in [0.3, 0.4) is 0 Å². The molecule has 0 radical (unpaired) electrons. The first kappa shape index (κ1) is 13.7. The zero-order valence-electron chi connectivity index (χ0n) is 10.8. The summed E-state index contributed by atoms with van der Waals surface area (Å²) in [6.07, 6.45) is 0.960. The molecular formula is C14H16N2O2S. The fraction of sp³-hybridized carbons (Fsp3) is 0.286. The summed E-state index contributed by atoms with van der Waals surface area (Å²) >= 11 is 1.41. The predicted octanol–water partition coefficient (Wildman–Crippen LogP) is 2.62. The highest BCUT2D eigenvalue weighted by molar-refractivity contribution is 7.09. The Bertz CT molecular complexity index is 549. The SMILES string of the molecule is CCCOc1ccc(C(=O)c2csc(CN)n2)cc1. The molecule has 100 valence electrons. The van der Waals surface area contributed by atoms with E-state index in [1.807, 2.05) is 0 Å². The summed E-state index contributed by atoms with van der Waals surface area (Å²) in [5.74, 6) is 0.692. The molecule has 5 heteroatoms. The smallest absolute Gasteiger partial charge is 0.212 e.